The minimum Gasteiger partial charge on any atom is -0.392 e. The van der Waals surface area contributed by atoms with Crippen LogP contribution in [-0.4, -0.2) is 22.4 Å². The second-order valence-corrected chi connectivity index (χ2v) is 7.41. The van der Waals surface area contributed by atoms with Gasteiger partial charge in [-0.25, -0.2) is 0 Å². The normalized spacial score (nSPS) is 49.2. The Kier molecular flexibility index (Phi) is 3.44. The summed E-state index contributed by atoms with van der Waals surface area (Å²) in [6, 6.07) is 0. The maximum absolute atomic E-state index is 10.6. The van der Waals surface area contributed by atoms with E-state index in [0.717, 1.165) is 12.3 Å². The SMILES string of the molecule is CC(C)[C@H]1CC2C[C@H](C3CCCC3)C(O)C2C1O. The smallest absolute Gasteiger partial charge is 0.0626 e. The molecule has 0 aromatic heterocycles. The molecule has 3 fully saturated rings. The topological polar surface area (TPSA) is 40.5 Å². The first-order valence-corrected chi connectivity index (χ1v) is 7.95. The van der Waals surface area contributed by atoms with Crippen molar-refractivity contribution in [1.82, 2.24) is 0 Å². The van der Waals surface area contributed by atoms with E-state index in [4.69, 9.17) is 0 Å². The summed E-state index contributed by atoms with van der Waals surface area (Å²) in [6.45, 7) is 4.41. The Morgan fingerprint density at radius 3 is 2.11 bits per heavy atom. The molecule has 0 aromatic rings. The third kappa shape index (κ3) is 1.92. The summed E-state index contributed by atoms with van der Waals surface area (Å²) in [5, 5.41) is 21.1. The molecule has 2 heteroatoms. The van der Waals surface area contributed by atoms with Crippen LogP contribution in [0, 0.1) is 35.5 Å². The van der Waals surface area contributed by atoms with Crippen molar-refractivity contribution in [3.05, 3.63) is 0 Å². The lowest BCUT2D eigenvalue weighted by Crippen LogP contribution is -2.35. The lowest BCUT2D eigenvalue weighted by Gasteiger charge is -2.29. The third-order valence-corrected chi connectivity index (χ3v) is 6.22. The van der Waals surface area contributed by atoms with Crippen LogP contribution in [0.5, 0.6) is 0 Å². The summed E-state index contributed by atoms with van der Waals surface area (Å²) in [4.78, 5) is 0. The minimum atomic E-state index is -0.253. The van der Waals surface area contributed by atoms with Crippen molar-refractivity contribution in [3.63, 3.8) is 0 Å². The average Bonchev–Trinajstić information content (AvgIpc) is 2.97. The molecule has 0 spiro atoms. The molecule has 6 atom stereocenters. The molecular formula is C16H28O2. The van der Waals surface area contributed by atoms with Gasteiger partial charge >= 0.3 is 0 Å². The summed E-state index contributed by atoms with van der Waals surface area (Å²) in [5.74, 6) is 2.97. The molecule has 104 valence electrons. The first kappa shape index (κ1) is 12.9. The van der Waals surface area contributed by atoms with E-state index >= 15 is 0 Å². The quantitative estimate of drug-likeness (QED) is 0.793. The van der Waals surface area contributed by atoms with E-state index in [9.17, 15) is 10.2 Å². The first-order valence-electron chi connectivity index (χ1n) is 7.95. The molecule has 18 heavy (non-hydrogen) atoms. The van der Waals surface area contributed by atoms with Crippen molar-refractivity contribution in [1.29, 1.82) is 0 Å². The fraction of sp³-hybridized carbons (Fsp3) is 1.00. The molecule has 0 aliphatic heterocycles. The number of hydrogen-bond donors (Lipinski definition) is 2. The lowest BCUT2D eigenvalue weighted by atomic mass is 9.82. The van der Waals surface area contributed by atoms with Gasteiger partial charge in [-0.2, -0.15) is 0 Å². The molecule has 2 nitrogen and oxygen atoms in total. The van der Waals surface area contributed by atoms with E-state index in [0.29, 0.717) is 23.7 Å². The van der Waals surface area contributed by atoms with Crippen LogP contribution in [0.3, 0.4) is 0 Å². The van der Waals surface area contributed by atoms with Gasteiger partial charge in [0.25, 0.3) is 0 Å². The van der Waals surface area contributed by atoms with Gasteiger partial charge in [0, 0.05) is 5.92 Å². The Balaban J connectivity index is 1.71. The van der Waals surface area contributed by atoms with Gasteiger partial charge in [-0.3, -0.25) is 0 Å². The second-order valence-electron chi connectivity index (χ2n) is 7.41. The Morgan fingerprint density at radius 1 is 0.889 bits per heavy atom. The zero-order valence-electron chi connectivity index (χ0n) is 11.8. The monoisotopic (exact) mass is 252 g/mol. The van der Waals surface area contributed by atoms with Gasteiger partial charge < -0.3 is 10.2 Å². The summed E-state index contributed by atoms with van der Waals surface area (Å²) in [5.41, 5.74) is 0. The van der Waals surface area contributed by atoms with Gasteiger partial charge in [0.05, 0.1) is 12.2 Å². The van der Waals surface area contributed by atoms with Gasteiger partial charge in [-0.1, -0.05) is 39.5 Å². The van der Waals surface area contributed by atoms with E-state index in [2.05, 4.69) is 13.8 Å². The standard InChI is InChI=1S/C16H28O2/c1-9(2)12-7-11-8-13(10-5-3-4-6-10)16(18)14(11)15(12)17/h9-18H,3-8H2,1-2H3/t11?,12-,13-,14?,15?,16?/m1/s1. The van der Waals surface area contributed by atoms with Gasteiger partial charge in [-0.05, 0) is 42.4 Å². The van der Waals surface area contributed by atoms with Crippen LogP contribution < -0.4 is 0 Å². The fourth-order valence-electron chi connectivity index (χ4n) is 5.24. The summed E-state index contributed by atoms with van der Waals surface area (Å²) < 4.78 is 0. The number of rotatable bonds is 2. The van der Waals surface area contributed by atoms with Crippen LogP contribution in [0.25, 0.3) is 0 Å². The second kappa shape index (κ2) is 4.79. The molecule has 3 rings (SSSR count). The van der Waals surface area contributed by atoms with E-state index < -0.39 is 0 Å². The largest absolute Gasteiger partial charge is 0.392 e. The molecular weight excluding hydrogens is 224 g/mol. The molecule has 3 saturated carbocycles. The Morgan fingerprint density at radius 2 is 1.56 bits per heavy atom. The molecule has 0 heterocycles. The van der Waals surface area contributed by atoms with Crippen LogP contribution in [0.4, 0.5) is 0 Å². The van der Waals surface area contributed by atoms with Crippen molar-refractivity contribution in [2.45, 2.75) is 64.6 Å². The molecule has 4 unspecified atom stereocenters. The molecule has 0 bridgehead atoms. The highest BCUT2D eigenvalue weighted by molar-refractivity contribution is 5.04. The molecule has 3 aliphatic rings. The van der Waals surface area contributed by atoms with Crippen LogP contribution in [0.1, 0.15) is 52.4 Å². The van der Waals surface area contributed by atoms with Crippen molar-refractivity contribution >= 4 is 0 Å². The van der Waals surface area contributed by atoms with Crippen molar-refractivity contribution in [2.75, 3.05) is 0 Å². The highest BCUT2D eigenvalue weighted by atomic mass is 16.3. The first-order chi connectivity index (χ1) is 8.59. The average molecular weight is 252 g/mol. The van der Waals surface area contributed by atoms with Crippen molar-refractivity contribution in [2.24, 2.45) is 35.5 Å². The van der Waals surface area contributed by atoms with Crippen LogP contribution in [0.15, 0.2) is 0 Å². The minimum absolute atomic E-state index is 0.183. The lowest BCUT2D eigenvalue weighted by molar-refractivity contribution is -0.0129. The van der Waals surface area contributed by atoms with E-state index in [-0.39, 0.29) is 18.1 Å². The van der Waals surface area contributed by atoms with E-state index in [1.165, 1.54) is 32.1 Å². The van der Waals surface area contributed by atoms with Crippen molar-refractivity contribution in [3.8, 4) is 0 Å². The summed E-state index contributed by atoms with van der Waals surface area (Å²) in [7, 11) is 0. The number of fused-ring (bicyclic) bond motifs is 1. The molecule has 0 saturated heterocycles. The predicted molar refractivity (Wildman–Crippen MR) is 72.0 cm³/mol. The molecule has 2 N–H and O–H groups in total. The van der Waals surface area contributed by atoms with E-state index in [1.807, 2.05) is 0 Å². The highest BCUT2D eigenvalue weighted by Crippen LogP contribution is 2.54. The van der Waals surface area contributed by atoms with Gasteiger partial charge in [0.2, 0.25) is 0 Å². The summed E-state index contributed by atoms with van der Waals surface area (Å²) in [6.07, 6.45) is 7.16. The van der Waals surface area contributed by atoms with E-state index in [1.54, 1.807) is 0 Å². The Hall–Kier alpha value is -0.0800. The van der Waals surface area contributed by atoms with Gasteiger partial charge in [-0.15, -0.1) is 0 Å². The maximum Gasteiger partial charge on any atom is 0.0626 e. The third-order valence-electron chi connectivity index (χ3n) is 6.22. The highest BCUT2D eigenvalue weighted by Gasteiger charge is 2.54. The molecule has 3 aliphatic carbocycles. The predicted octanol–water partition coefficient (Wildman–Crippen LogP) is 2.83. The van der Waals surface area contributed by atoms with Gasteiger partial charge in [0.1, 0.15) is 0 Å². The number of hydrogen-bond acceptors (Lipinski definition) is 2. The fourth-order valence-corrected chi connectivity index (χ4v) is 5.24. The zero-order valence-corrected chi connectivity index (χ0v) is 11.8. The van der Waals surface area contributed by atoms with Crippen LogP contribution >= 0.6 is 0 Å². The summed E-state index contributed by atoms with van der Waals surface area (Å²) >= 11 is 0. The molecule has 0 aromatic carbocycles. The van der Waals surface area contributed by atoms with Crippen molar-refractivity contribution < 1.29 is 10.2 Å². The Labute approximate surface area is 111 Å². The Bertz CT molecular complexity index is 295. The number of aliphatic hydroxyl groups excluding tert-OH is 2. The molecule has 0 amide bonds. The molecule has 0 radical (unpaired) electrons. The maximum atomic E-state index is 10.6. The zero-order chi connectivity index (χ0) is 12.9. The van der Waals surface area contributed by atoms with Crippen LogP contribution in [0.2, 0.25) is 0 Å². The van der Waals surface area contributed by atoms with Crippen LogP contribution in [-0.2, 0) is 0 Å². The van der Waals surface area contributed by atoms with Gasteiger partial charge in [0.15, 0.2) is 0 Å². The number of aliphatic hydroxyl groups is 2.